The fraction of sp³-hybridized carbons (Fsp3) is 0.700. The van der Waals surface area contributed by atoms with Gasteiger partial charge in [0.15, 0.2) is 0 Å². The van der Waals surface area contributed by atoms with E-state index in [4.69, 9.17) is 9.15 Å². The van der Waals surface area contributed by atoms with Crippen LogP contribution in [0.4, 0.5) is 0 Å². The summed E-state index contributed by atoms with van der Waals surface area (Å²) in [5.74, 6) is 0.882. The highest BCUT2D eigenvalue weighted by Gasteiger charge is 2.39. The zero-order chi connectivity index (χ0) is 18.7. The van der Waals surface area contributed by atoms with Crippen LogP contribution in [0.3, 0.4) is 0 Å². The Morgan fingerprint density at radius 2 is 2.00 bits per heavy atom. The number of amides is 2. The van der Waals surface area contributed by atoms with Gasteiger partial charge in [0.25, 0.3) is 0 Å². The lowest BCUT2D eigenvalue weighted by molar-refractivity contribution is -0.146. The fourth-order valence-corrected chi connectivity index (χ4v) is 3.31. The number of rotatable bonds is 7. The molecule has 1 aromatic heterocycles. The molecule has 1 atom stereocenters. The molecule has 3 rings (SSSR count). The number of hydrogen-bond donors (Lipinski definition) is 0. The number of carbonyl (C=O) groups is 2. The van der Waals surface area contributed by atoms with Gasteiger partial charge in [-0.3, -0.25) is 9.59 Å². The molecular weight excluding hydrogens is 332 g/mol. The third kappa shape index (κ3) is 4.87. The van der Waals surface area contributed by atoms with E-state index in [9.17, 15) is 9.59 Å². The molecule has 0 bridgehead atoms. The first kappa shape index (κ1) is 19.0. The average Bonchev–Trinajstić information content (AvgIpc) is 3.06. The molecule has 6 nitrogen and oxygen atoms in total. The molecule has 1 saturated carbocycles. The second kappa shape index (κ2) is 7.82. The summed E-state index contributed by atoms with van der Waals surface area (Å²) >= 11 is 0. The first-order valence-electron chi connectivity index (χ1n) is 9.58. The molecule has 0 aromatic carbocycles. The zero-order valence-electron chi connectivity index (χ0n) is 16.1. The van der Waals surface area contributed by atoms with E-state index in [0.29, 0.717) is 13.1 Å². The zero-order valence-corrected chi connectivity index (χ0v) is 16.1. The summed E-state index contributed by atoms with van der Waals surface area (Å²) in [5, 5.41) is 0. The fourth-order valence-electron chi connectivity index (χ4n) is 3.31. The molecule has 144 valence electrons. The van der Waals surface area contributed by atoms with Crippen molar-refractivity contribution in [3.8, 4) is 0 Å². The summed E-state index contributed by atoms with van der Waals surface area (Å²) in [5.41, 5.74) is -0.379. The van der Waals surface area contributed by atoms with Gasteiger partial charge < -0.3 is 19.0 Å². The molecule has 2 amide bonds. The quantitative estimate of drug-likeness (QED) is 0.748. The molecule has 26 heavy (non-hydrogen) atoms. The summed E-state index contributed by atoms with van der Waals surface area (Å²) in [4.78, 5) is 29.3. The van der Waals surface area contributed by atoms with Crippen LogP contribution < -0.4 is 0 Å². The summed E-state index contributed by atoms with van der Waals surface area (Å²) in [7, 11) is 0. The van der Waals surface area contributed by atoms with Crippen molar-refractivity contribution in [2.45, 2.75) is 64.6 Å². The molecule has 0 radical (unpaired) electrons. The van der Waals surface area contributed by atoms with Crippen molar-refractivity contribution in [2.24, 2.45) is 5.92 Å². The lowest BCUT2D eigenvalue weighted by atomic mass is 10.0. The Morgan fingerprint density at radius 3 is 2.54 bits per heavy atom. The van der Waals surface area contributed by atoms with Crippen molar-refractivity contribution >= 4 is 11.8 Å². The molecule has 2 aliphatic rings. The van der Waals surface area contributed by atoms with E-state index >= 15 is 0 Å². The Hall–Kier alpha value is -1.82. The minimum absolute atomic E-state index is 0.0548. The maximum absolute atomic E-state index is 13.1. The van der Waals surface area contributed by atoms with Gasteiger partial charge in [-0.25, -0.2) is 0 Å². The van der Waals surface area contributed by atoms with Gasteiger partial charge in [0.2, 0.25) is 11.8 Å². The van der Waals surface area contributed by atoms with Crippen LogP contribution in [0.5, 0.6) is 0 Å². The molecule has 2 fully saturated rings. The summed E-state index contributed by atoms with van der Waals surface area (Å²) in [6.45, 7) is 7.75. The summed E-state index contributed by atoms with van der Waals surface area (Å²) in [6, 6.07) is 3.69. The third-order valence-corrected chi connectivity index (χ3v) is 5.02. The second-order valence-electron chi connectivity index (χ2n) is 8.36. The van der Waals surface area contributed by atoms with E-state index in [1.807, 2.05) is 32.9 Å². The smallest absolute Gasteiger partial charge is 0.242 e. The van der Waals surface area contributed by atoms with Crippen LogP contribution in [0.2, 0.25) is 0 Å². The van der Waals surface area contributed by atoms with Gasteiger partial charge in [-0.1, -0.05) is 0 Å². The molecule has 2 heterocycles. The normalized spacial score (nSPS) is 20.2. The van der Waals surface area contributed by atoms with Crippen LogP contribution in [0.1, 0.15) is 52.2 Å². The van der Waals surface area contributed by atoms with Crippen molar-refractivity contribution in [3.63, 3.8) is 0 Å². The van der Waals surface area contributed by atoms with E-state index < -0.39 is 0 Å². The lowest BCUT2D eigenvalue weighted by Gasteiger charge is -2.37. The van der Waals surface area contributed by atoms with Gasteiger partial charge in [0.05, 0.1) is 18.9 Å². The highest BCUT2D eigenvalue weighted by atomic mass is 16.5. The molecule has 0 spiro atoms. The van der Waals surface area contributed by atoms with E-state index in [0.717, 1.165) is 38.1 Å². The SMILES string of the molecule is CC(C)(C)N(CC(=O)N(Cc1ccco1)CC1CCCO1)C(=O)C1CC1. The number of hydrogen-bond acceptors (Lipinski definition) is 4. The Kier molecular flexibility index (Phi) is 5.70. The molecule has 0 N–H and O–H groups in total. The van der Waals surface area contributed by atoms with E-state index in [-0.39, 0.29) is 35.9 Å². The van der Waals surface area contributed by atoms with Crippen molar-refractivity contribution in [3.05, 3.63) is 24.2 Å². The van der Waals surface area contributed by atoms with Gasteiger partial charge in [-0.05, 0) is 58.6 Å². The van der Waals surface area contributed by atoms with E-state index in [1.165, 1.54) is 0 Å². The summed E-state index contributed by atoms with van der Waals surface area (Å²) < 4.78 is 11.1. The van der Waals surface area contributed by atoms with Crippen LogP contribution in [0, 0.1) is 5.92 Å². The first-order chi connectivity index (χ1) is 12.3. The average molecular weight is 362 g/mol. The van der Waals surface area contributed by atoms with E-state index in [1.54, 1.807) is 16.1 Å². The highest BCUT2D eigenvalue weighted by molar-refractivity contribution is 5.87. The summed E-state index contributed by atoms with van der Waals surface area (Å²) in [6.07, 6.45) is 5.55. The Balaban J connectivity index is 1.70. The topological polar surface area (TPSA) is 63.0 Å². The van der Waals surface area contributed by atoms with Crippen molar-refractivity contribution < 1.29 is 18.7 Å². The van der Waals surface area contributed by atoms with Crippen LogP contribution >= 0.6 is 0 Å². The predicted molar refractivity (Wildman–Crippen MR) is 97.3 cm³/mol. The van der Waals surface area contributed by atoms with Crippen molar-refractivity contribution in [1.82, 2.24) is 9.80 Å². The highest BCUT2D eigenvalue weighted by Crippen LogP contribution is 2.33. The second-order valence-corrected chi connectivity index (χ2v) is 8.36. The van der Waals surface area contributed by atoms with Crippen LogP contribution in [0.25, 0.3) is 0 Å². The molecule has 6 heteroatoms. The molecule has 1 unspecified atom stereocenters. The standard InChI is InChI=1S/C20H30N2O4/c1-20(2,3)22(19(24)15-8-9-15)14-18(23)21(12-16-6-4-10-25-16)13-17-7-5-11-26-17/h4,6,10,15,17H,5,7-9,11-14H2,1-3H3. The maximum Gasteiger partial charge on any atom is 0.242 e. The molecule has 1 aromatic rings. The number of nitrogens with zero attached hydrogens (tertiary/aromatic N) is 2. The largest absolute Gasteiger partial charge is 0.467 e. The van der Waals surface area contributed by atoms with Crippen molar-refractivity contribution in [1.29, 1.82) is 0 Å². The van der Waals surface area contributed by atoms with Gasteiger partial charge in [-0.2, -0.15) is 0 Å². The molecule has 1 aliphatic heterocycles. The number of furan rings is 1. The van der Waals surface area contributed by atoms with Gasteiger partial charge in [0.1, 0.15) is 12.3 Å². The van der Waals surface area contributed by atoms with Crippen molar-refractivity contribution in [2.75, 3.05) is 19.7 Å². The van der Waals surface area contributed by atoms with Crippen LogP contribution in [0.15, 0.2) is 22.8 Å². The monoisotopic (exact) mass is 362 g/mol. The van der Waals surface area contributed by atoms with Gasteiger partial charge >= 0.3 is 0 Å². The minimum atomic E-state index is -0.379. The first-order valence-corrected chi connectivity index (χ1v) is 9.58. The lowest BCUT2D eigenvalue weighted by Crippen LogP contribution is -2.52. The maximum atomic E-state index is 13.1. The van der Waals surface area contributed by atoms with E-state index in [2.05, 4.69) is 0 Å². The predicted octanol–water partition coefficient (Wildman–Crippen LogP) is 2.82. The molecule has 1 aliphatic carbocycles. The van der Waals surface area contributed by atoms with Gasteiger partial charge in [0, 0.05) is 24.6 Å². The molecular formula is C20H30N2O4. The minimum Gasteiger partial charge on any atom is -0.467 e. The van der Waals surface area contributed by atoms with Gasteiger partial charge in [-0.15, -0.1) is 0 Å². The Bertz CT molecular complexity index is 610. The number of carbonyl (C=O) groups excluding carboxylic acids is 2. The Morgan fingerprint density at radius 1 is 1.23 bits per heavy atom. The third-order valence-electron chi connectivity index (χ3n) is 5.02. The van der Waals surface area contributed by atoms with Crippen LogP contribution in [-0.4, -0.2) is 53.0 Å². The molecule has 1 saturated heterocycles. The Labute approximate surface area is 155 Å². The van der Waals surface area contributed by atoms with Crippen LogP contribution in [-0.2, 0) is 20.9 Å². The number of ether oxygens (including phenoxy) is 1.